The van der Waals surface area contributed by atoms with Crippen molar-refractivity contribution < 1.29 is 0 Å². The average Bonchev–Trinajstić information content (AvgIpc) is 3.40. The van der Waals surface area contributed by atoms with Crippen molar-refractivity contribution in [3.8, 4) is 17.3 Å². The summed E-state index contributed by atoms with van der Waals surface area (Å²) in [5.41, 5.74) is 5.84. The molecule has 0 aliphatic carbocycles. The van der Waals surface area contributed by atoms with Crippen LogP contribution < -0.4 is 15.6 Å². The van der Waals surface area contributed by atoms with Gasteiger partial charge in [-0.1, -0.05) is 0 Å². The molecule has 0 atom stereocenters. The molecule has 0 spiro atoms. The van der Waals surface area contributed by atoms with Crippen LogP contribution in [0.1, 0.15) is 4.88 Å². The van der Waals surface area contributed by atoms with E-state index in [1.54, 1.807) is 34.6 Å². The largest absolute Gasteiger partial charge is 0.277 e. The van der Waals surface area contributed by atoms with Crippen LogP contribution in [0.5, 0.6) is 0 Å². The van der Waals surface area contributed by atoms with Crippen LogP contribution in [0.15, 0.2) is 30.9 Å². The highest BCUT2D eigenvalue weighted by molar-refractivity contribution is 7.19. The molecule has 5 rings (SSSR count). The van der Waals surface area contributed by atoms with Gasteiger partial charge in [-0.3, -0.25) is 19.8 Å². The quantitative estimate of drug-likeness (QED) is 0.551. The molecule has 0 saturated carbocycles. The maximum atomic E-state index is 8.80. The normalized spacial score (nSPS) is 13.3. The van der Waals surface area contributed by atoms with Gasteiger partial charge in [0, 0.05) is 23.7 Å². The van der Waals surface area contributed by atoms with Gasteiger partial charge in [0.1, 0.15) is 6.54 Å². The zero-order valence-electron chi connectivity index (χ0n) is 14.3. The monoisotopic (exact) mass is 378 g/mol. The SMILES string of the molecule is CN1NN(Cc2cc3[nH]ncc3s2)c2nc(-c3cnn(CC#N)c3)cnc21. The molecule has 0 bridgehead atoms. The fourth-order valence-corrected chi connectivity index (χ4v) is 3.98. The highest BCUT2D eigenvalue weighted by Crippen LogP contribution is 2.33. The van der Waals surface area contributed by atoms with E-state index in [1.807, 2.05) is 23.3 Å². The number of aromatic amines is 1. The van der Waals surface area contributed by atoms with Crippen LogP contribution in [0.25, 0.3) is 21.5 Å². The maximum Gasteiger partial charge on any atom is 0.190 e. The van der Waals surface area contributed by atoms with Crippen molar-refractivity contribution in [1.82, 2.24) is 35.5 Å². The van der Waals surface area contributed by atoms with E-state index in [2.05, 4.69) is 38.0 Å². The minimum Gasteiger partial charge on any atom is -0.277 e. The van der Waals surface area contributed by atoms with E-state index < -0.39 is 0 Å². The van der Waals surface area contributed by atoms with Crippen molar-refractivity contribution in [2.45, 2.75) is 13.1 Å². The summed E-state index contributed by atoms with van der Waals surface area (Å²) >= 11 is 1.69. The second kappa shape index (κ2) is 6.04. The number of thiophene rings is 1. The van der Waals surface area contributed by atoms with Gasteiger partial charge < -0.3 is 0 Å². The van der Waals surface area contributed by atoms with Crippen LogP contribution in [0.4, 0.5) is 11.6 Å². The van der Waals surface area contributed by atoms with Crippen LogP contribution in [-0.2, 0) is 13.1 Å². The third-order valence-corrected chi connectivity index (χ3v) is 5.29. The summed E-state index contributed by atoms with van der Waals surface area (Å²) in [5.74, 6) is 1.50. The van der Waals surface area contributed by atoms with Gasteiger partial charge >= 0.3 is 0 Å². The fourth-order valence-electron chi connectivity index (χ4n) is 3.01. The number of anilines is 2. The topological polar surface area (TPSA) is 115 Å². The highest BCUT2D eigenvalue weighted by atomic mass is 32.1. The number of nitrogens with zero attached hydrogens (tertiary/aromatic N) is 8. The lowest BCUT2D eigenvalue weighted by atomic mass is 10.2. The summed E-state index contributed by atoms with van der Waals surface area (Å²) in [6.07, 6.45) is 7.04. The minimum absolute atomic E-state index is 0.204. The van der Waals surface area contributed by atoms with Crippen LogP contribution in [0.3, 0.4) is 0 Å². The predicted octanol–water partition coefficient (Wildman–Crippen LogP) is 1.68. The Morgan fingerprint density at radius 3 is 3.04 bits per heavy atom. The first-order chi connectivity index (χ1) is 13.2. The van der Waals surface area contributed by atoms with E-state index in [-0.39, 0.29) is 6.54 Å². The molecule has 0 saturated heterocycles. The molecule has 134 valence electrons. The van der Waals surface area contributed by atoms with Crippen LogP contribution in [-0.4, -0.2) is 37.0 Å². The first-order valence-corrected chi connectivity index (χ1v) is 8.99. The lowest BCUT2D eigenvalue weighted by molar-refractivity contribution is 0.647. The lowest BCUT2D eigenvalue weighted by Crippen LogP contribution is -2.41. The Morgan fingerprint density at radius 2 is 2.19 bits per heavy atom. The van der Waals surface area contributed by atoms with Crippen LogP contribution in [0, 0.1) is 11.3 Å². The number of aromatic nitrogens is 6. The fraction of sp³-hybridized carbons (Fsp3) is 0.188. The van der Waals surface area contributed by atoms with E-state index >= 15 is 0 Å². The van der Waals surface area contributed by atoms with E-state index in [0.29, 0.717) is 12.2 Å². The van der Waals surface area contributed by atoms with E-state index in [4.69, 9.17) is 10.2 Å². The summed E-state index contributed by atoms with van der Waals surface area (Å²) < 4.78 is 2.70. The summed E-state index contributed by atoms with van der Waals surface area (Å²) in [6, 6.07) is 4.17. The molecule has 4 aromatic heterocycles. The first kappa shape index (κ1) is 15.7. The molecule has 0 radical (unpaired) electrons. The number of nitriles is 1. The molecule has 0 amide bonds. The van der Waals surface area contributed by atoms with Crippen molar-refractivity contribution in [2.75, 3.05) is 17.1 Å². The summed E-state index contributed by atoms with van der Waals surface area (Å²) in [5, 5.41) is 23.8. The highest BCUT2D eigenvalue weighted by Gasteiger charge is 2.27. The Kier molecular flexibility index (Phi) is 3.52. The number of hydrazine groups is 2. The Morgan fingerprint density at radius 1 is 1.26 bits per heavy atom. The van der Waals surface area contributed by atoms with Crippen molar-refractivity contribution in [3.05, 3.63) is 35.7 Å². The molecular weight excluding hydrogens is 364 g/mol. The number of hydrogen-bond acceptors (Lipinski definition) is 9. The minimum atomic E-state index is 0.204. The Labute approximate surface area is 157 Å². The molecule has 0 unspecified atom stereocenters. The predicted molar refractivity (Wildman–Crippen MR) is 101 cm³/mol. The van der Waals surface area contributed by atoms with Gasteiger partial charge in [-0.2, -0.15) is 15.5 Å². The number of fused-ring (bicyclic) bond motifs is 2. The van der Waals surface area contributed by atoms with E-state index in [9.17, 15) is 0 Å². The molecule has 0 aromatic carbocycles. The molecular formula is C16H14N10S. The van der Waals surface area contributed by atoms with Gasteiger partial charge in [-0.05, 0) is 6.07 Å². The smallest absolute Gasteiger partial charge is 0.190 e. The maximum absolute atomic E-state index is 8.80. The molecule has 27 heavy (non-hydrogen) atoms. The van der Waals surface area contributed by atoms with Gasteiger partial charge in [-0.25, -0.2) is 9.97 Å². The van der Waals surface area contributed by atoms with Crippen molar-refractivity contribution in [2.24, 2.45) is 0 Å². The molecule has 1 aliphatic heterocycles. The zero-order valence-corrected chi connectivity index (χ0v) is 15.1. The number of hydrogen-bond donors (Lipinski definition) is 2. The van der Waals surface area contributed by atoms with Gasteiger partial charge in [0.05, 0.1) is 47.1 Å². The van der Waals surface area contributed by atoms with E-state index in [0.717, 1.165) is 27.4 Å². The third-order valence-electron chi connectivity index (χ3n) is 4.23. The summed E-state index contributed by atoms with van der Waals surface area (Å²) in [6.45, 7) is 0.853. The molecule has 1 aliphatic rings. The Balaban J connectivity index is 1.46. The number of nitrogens with one attached hydrogen (secondary N) is 2. The lowest BCUT2D eigenvalue weighted by Gasteiger charge is -2.18. The average molecular weight is 378 g/mol. The molecule has 2 N–H and O–H groups in total. The van der Waals surface area contributed by atoms with Crippen molar-refractivity contribution >= 4 is 33.2 Å². The third kappa shape index (κ3) is 2.67. The first-order valence-electron chi connectivity index (χ1n) is 8.17. The number of rotatable bonds is 4. The van der Waals surface area contributed by atoms with Gasteiger partial charge in [0.15, 0.2) is 11.6 Å². The second-order valence-electron chi connectivity index (χ2n) is 6.09. The van der Waals surface area contributed by atoms with Gasteiger partial charge in [0.2, 0.25) is 0 Å². The standard InChI is InChI=1S/C16H14N10S/c1-24-15-16(21-13(6-18-15)10-5-20-25(8-10)3-2-17)26(23-24)9-11-4-12-14(27-11)7-19-22-12/h4-8,23H,3,9H2,1H3,(H,19,22). The summed E-state index contributed by atoms with van der Waals surface area (Å²) in [7, 11) is 1.90. The molecule has 4 aromatic rings. The second-order valence-corrected chi connectivity index (χ2v) is 7.26. The van der Waals surface area contributed by atoms with Crippen LogP contribution in [0.2, 0.25) is 0 Å². The van der Waals surface area contributed by atoms with Crippen molar-refractivity contribution in [1.29, 1.82) is 5.26 Å². The van der Waals surface area contributed by atoms with Crippen molar-refractivity contribution in [3.63, 3.8) is 0 Å². The van der Waals surface area contributed by atoms with Crippen LogP contribution >= 0.6 is 11.3 Å². The molecule has 0 fully saturated rings. The summed E-state index contributed by atoms with van der Waals surface area (Å²) in [4.78, 5) is 10.5. The molecule has 10 nitrogen and oxygen atoms in total. The molecule has 11 heteroatoms. The Bertz CT molecular complexity index is 1140. The molecule has 5 heterocycles. The number of H-pyrrole nitrogens is 1. The van der Waals surface area contributed by atoms with Gasteiger partial charge in [-0.15, -0.1) is 16.9 Å². The van der Waals surface area contributed by atoms with Gasteiger partial charge in [0.25, 0.3) is 0 Å². The Hall–Kier alpha value is -3.49. The zero-order chi connectivity index (χ0) is 18.4. The van der Waals surface area contributed by atoms with E-state index in [1.165, 1.54) is 4.88 Å².